The van der Waals surface area contributed by atoms with E-state index < -0.39 is 0 Å². The molecule has 0 atom stereocenters. The van der Waals surface area contributed by atoms with Crippen LogP contribution in [0.3, 0.4) is 0 Å². The first-order valence-corrected chi connectivity index (χ1v) is 24.7. The molecular weight excluding hydrogens is 1070 g/mol. The number of rotatable bonds is 5. The van der Waals surface area contributed by atoms with E-state index in [1.807, 2.05) is 24.4 Å². The van der Waals surface area contributed by atoms with Crippen LogP contribution in [0.5, 0.6) is 34.5 Å². The molecule has 364 valence electrons. The second-order valence-electron chi connectivity index (χ2n) is 23.1. The third kappa shape index (κ3) is 6.99. The van der Waals surface area contributed by atoms with Gasteiger partial charge in [-0.05, 0) is 91.9 Å². The van der Waals surface area contributed by atoms with Gasteiger partial charge in [-0.25, -0.2) is 4.98 Å². The van der Waals surface area contributed by atoms with Crippen LogP contribution in [0.25, 0.3) is 27.6 Å². The molecule has 0 saturated heterocycles. The van der Waals surface area contributed by atoms with Crippen molar-refractivity contribution in [2.75, 3.05) is 14.7 Å². The first-order chi connectivity index (χ1) is 33.8. The van der Waals surface area contributed by atoms with Gasteiger partial charge in [0, 0.05) is 78.9 Å². The Hall–Kier alpha value is -7.02. The van der Waals surface area contributed by atoms with Crippen molar-refractivity contribution in [3.8, 4) is 40.3 Å². The fraction of sp³-hybridized carbons (Fsp3) is 0.238. The van der Waals surface area contributed by atoms with E-state index in [1.165, 1.54) is 27.8 Å². The summed E-state index contributed by atoms with van der Waals surface area (Å²) in [6.07, 6.45) is 1.90. The maximum atomic E-state index is 7.12. The summed E-state index contributed by atoms with van der Waals surface area (Å²) < 4.78 is 23.1. The molecule has 2 aromatic heterocycles. The summed E-state index contributed by atoms with van der Waals surface area (Å²) in [4.78, 5) is 11.7. The van der Waals surface area contributed by atoms with Gasteiger partial charge in [0.05, 0.1) is 11.4 Å². The number of pyridine rings is 1. The zero-order valence-electron chi connectivity index (χ0n) is 42.6. The predicted molar refractivity (Wildman–Crippen MR) is 287 cm³/mol. The molecule has 8 nitrogen and oxygen atoms in total. The normalized spacial score (nSPS) is 15.0. The van der Waals surface area contributed by atoms with Crippen molar-refractivity contribution in [2.45, 2.75) is 97.8 Å². The monoisotopic (exact) mass is 1130 g/mol. The maximum Gasteiger partial charge on any atom is 0.157 e. The van der Waals surface area contributed by atoms with E-state index in [9.17, 15) is 0 Å². The molecule has 7 aromatic carbocycles. The van der Waals surface area contributed by atoms with Crippen LogP contribution in [0.4, 0.5) is 39.8 Å². The van der Waals surface area contributed by atoms with Gasteiger partial charge in [0.2, 0.25) is 0 Å². The molecule has 72 heavy (non-hydrogen) atoms. The van der Waals surface area contributed by atoms with Crippen LogP contribution in [-0.2, 0) is 42.7 Å². The number of nitrogens with zero attached hydrogens (tertiary/aromatic N) is 5. The van der Waals surface area contributed by atoms with E-state index in [2.05, 4.69) is 223 Å². The molecule has 0 N–H and O–H groups in total. The van der Waals surface area contributed by atoms with E-state index in [1.54, 1.807) is 0 Å². The molecule has 9 heteroatoms. The van der Waals surface area contributed by atoms with Gasteiger partial charge < -0.3 is 28.6 Å². The SMILES string of the molecule is CC(C)(C)c1ccnc(-n2c3[c-]c(Oc4[c-]c(N5[CH-]N(c6cc7c8c(c6)Oc6cc(C(C)(C)C)cc9c6N8c6c(cc(C(C)(C)C)cc6C9(C)C)O7)c6ccccc65)ccc4)ccc3c3ccccc32)c1.[Pt]. The van der Waals surface area contributed by atoms with Crippen LogP contribution in [0.1, 0.15) is 104 Å². The van der Waals surface area contributed by atoms with Gasteiger partial charge in [0.25, 0.3) is 0 Å². The van der Waals surface area contributed by atoms with Crippen molar-refractivity contribution in [1.82, 2.24) is 9.55 Å². The van der Waals surface area contributed by atoms with E-state index in [4.69, 9.17) is 19.2 Å². The van der Waals surface area contributed by atoms with Crippen molar-refractivity contribution in [2.24, 2.45) is 0 Å². The van der Waals surface area contributed by atoms with Gasteiger partial charge in [0.1, 0.15) is 11.5 Å². The summed E-state index contributed by atoms with van der Waals surface area (Å²) in [7, 11) is 0. The molecule has 6 heterocycles. The third-order valence-corrected chi connectivity index (χ3v) is 14.9. The fourth-order valence-electron chi connectivity index (χ4n) is 10.9. The standard InChI is InChI=1S/C63H56N5O3.Pt/c1-60(2,3)37-25-26-64-56(31-37)67-48-20-13-12-19-44(48)45-24-23-43(35-51(45)67)69-42-18-16-17-40(32-42)65-36-66(50-22-15-14-21-49(50)65)41-33-54-59-55(34-41)71-53-30-39(62(7,8)9)28-47-58(53)68(59)57-46(63(47,10)11)27-38(61(4,5)6)29-52(57)70-54;/h12-31,33-34,36H,1-11H3;/q-3;. The molecule has 0 saturated carbocycles. The second-order valence-corrected chi connectivity index (χ2v) is 23.1. The average molecular weight is 1130 g/mol. The molecule has 0 spiro atoms. The fourth-order valence-corrected chi connectivity index (χ4v) is 10.9. The number of aromatic nitrogens is 2. The molecule has 4 aliphatic rings. The number of anilines is 7. The molecule has 0 fully saturated rings. The minimum absolute atomic E-state index is 0. The van der Waals surface area contributed by atoms with Crippen molar-refractivity contribution in [3.05, 3.63) is 180 Å². The Morgan fingerprint density at radius 3 is 1.78 bits per heavy atom. The molecular formula is C63H56N5O3Pt-3. The zero-order chi connectivity index (χ0) is 49.1. The Kier molecular flexibility index (Phi) is 10.1. The van der Waals surface area contributed by atoms with Crippen LogP contribution in [0, 0.1) is 18.8 Å². The predicted octanol–water partition coefficient (Wildman–Crippen LogP) is 17.2. The molecule has 0 radical (unpaired) electrons. The Morgan fingerprint density at radius 2 is 1.14 bits per heavy atom. The quantitative estimate of drug-likeness (QED) is 0.159. The summed E-state index contributed by atoms with van der Waals surface area (Å²) in [5.41, 5.74) is 14.5. The Bertz CT molecular complexity index is 3640. The van der Waals surface area contributed by atoms with Gasteiger partial charge in [-0.2, -0.15) is 12.1 Å². The largest absolute Gasteiger partial charge is 0.509 e. The second kappa shape index (κ2) is 15.7. The molecule has 0 bridgehead atoms. The molecule has 9 aromatic rings. The summed E-state index contributed by atoms with van der Waals surface area (Å²) in [6.45, 7) is 27.1. The Balaban J connectivity index is 0.00000530. The van der Waals surface area contributed by atoms with Crippen molar-refractivity contribution in [3.63, 3.8) is 0 Å². The van der Waals surface area contributed by atoms with Crippen LogP contribution in [0.15, 0.2) is 134 Å². The minimum Gasteiger partial charge on any atom is -0.509 e. The third-order valence-electron chi connectivity index (χ3n) is 14.9. The van der Waals surface area contributed by atoms with Crippen LogP contribution in [0.2, 0.25) is 0 Å². The van der Waals surface area contributed by atoms with Gasteiger partial charge in [-0.1, -0.05) is 124 Å². The number of para-hydroxylation sites is 3. The number of ether oxygens (including phenoxy) is 3. The molecule has 0 unspecified atom stereocenters. The molecule has 0 amide bonds. The summed E-state index contributed by atoms with van der Waals surface area (Å²) in [5.74, 6) is 5.21. The summed E-state index contributed by atoms with van der Waals surface area (Å²) in [5, 5.41) is 2.21. The van der Waals surface area contributed by atoms with Gasteiger partial charge >= 0.3 is 0 Å². The zero-order valence-corrected chi connectivity index (χ0v) is 44.8. The average Bonchev–Trinajstić information content (AvgIpc) is 3.88. The minimum atomic E-state index is -0.310. The van der Waals surface area contributed by atoms with Crippen molar-refractivity contribution in [1.29, 1.82) is 0 Å². The Morgan fingerprint density at radius 1 is 0.556 bits per heavy atom. The number of benzene rings is 7. The first-order valence-electron chi connectivity index (χ1n) is 24.7. The molecule has 4 aliphatic heterocycles. The van der Waals surface area contributed by atoms with Crippen molar-refractivity contribution >= 4 is 61.6 Å². The number of hydrogen-bond acceptors (Lipinski definition) is 7. The van der Waals surface area contributed by atoms with E-state index in [-0.39, 0.29) is 42.7 Å². The van der Waals surface area contributed by atoms with E-state index in [0.29, 0.717) is 11.5 Å². The van der Waals surface area contributed by atoms with Crippen LogP contribution >= 0.6 is 0 Å². The number of fused-ring (bicyclic) bond motifs is 4. The molecule has 0 aliphatic carbocycles. The first kappa shape index (κ1) is 46.1. The topological polar surface area (TPSA) is 55.2 Å². The smallest absolute Gasteiger partial charge is 0.157 e. The van der Waals surface area contributed by atoms with Gasteiger partial charge in [0.15, 0.2) is 23.0 Å². The van der Waals surface area contributed by atoms with Crippen LogP contribution in [-0.4, -0.2) is 9.55 Å². The summed E-state index contributed by atoms with van der Waals surface area (Å²) >= 11 is 0. The van der Waals surface area contributed by atoms with E-state index in [0.717, 1.165) is 90.4 Å². The maximum absolute atomic E-state index is 7.12. The van der Waals surface area contributed by atoms with Gasteiger partial charge in [-0.15, -0.1) is 48.1 Å². The van der Waals surface area contributed by atoms with Crippen molar-refractivity contribution < 1.29 is 35.3 Å². The van der Waals surface area contributed by atoms with Gasteiger partial charge in [-0.3, -0.25) is 4.90 Å². The number of hydrogen-bond donors (Lipinski definition) is 0. The molecule has 13 rings (SSSR count). The van der Waals surface area contributed by atoms with E-state index >= 15 is 0 Å². The summed E-state index contributed by atoms with van der Waals surface area (Å²) in [6, 6.07) is 52.1. The van der Waals surface area contributed by atoms with Crippen LogP contribution < -0.4 is 28.9 Å². The Labute approximate surface area is 437 Å².